The van der Waals surface area contributed by atoms with Crippen LogP contribution in [0.2, 0.25) is 0 Å². The average molecular weight is 290 g/mol. The van der Waals surface area contributed by atoms with E-state index in [0.717, 1.165) is 44.2 Å². The molecule has 1 aromatic rings. The summed E-state index contributed by atoms with van der Waals surface area (Å²) in [5.74, 6) is 2.64. The van der Waals surface area contributed by atoms with Gasteiger partial charge in [0.25, 0.3) is 0 Å². The fourth-order valence-corrected chi connectivity index (χ4v) is 3.68. The number of aryl methyl sites for hydroxylation is 1. The zero-order valence-electron chi connectivity index (χ0n) is 12.5. The average Bonchev–Trinajstić information content (AvgIpc) is 3.22. The lowest BCUT2D eigenvalue weighted by molar-refractivity contribution is -0.140. The second kappa shape index (κ2) is 5.09. The van der Waals surface area contributed by atoms with Gasteiger partial charge in [-0.1, -0.05) is 5.16 Å². The molecule has 21 heavy (non-hydrogen) atoms. The van der Waals surface area contributed by atoms with Gasteiger partial charge in [0.2, 0.25) is 11.8 Å². The van der Waals surface area contributed by atoms with E-state index in [1.54, 1.807) is 0 Å². The van der Waals surface area contributed by atoms with Crippen LogP contribution in [0.15, 0.2) is 4.52 Å². The van der Waals surface area contributed by atoms with Crippen LogP contribution >= 0.6 is 0 Å². The molecule has 1 aliphatic carbocycles. The maximum absolute atomic E-state index is 12.6. The highest BCUT2D eigenvalue weighted by Crippen LogP contribution is 2.35. The van der Waals surface area contributed by atoms with Crippen molar-refractivity contribution in [2.45, 2.75) is 45.2 Å². The van der Waals surface area contributed by atoms with Gasteiger partial charge in [0.05, 0.1) is 12.5 Å². The van der Waals surface area contributed by atoms with Crippen molar-refractivity contribution in [2.24, 2.45) is 11.8 Å². The highest BCUT2D eigenvalue weighted by Gasteiger charge is 2.42. The Kier molecular flexibility index (Phi) is 3.21. The zero-order chi connectivity index (χ0) is 14.4. The third-order valence-corrected chi connectivity index (χ3v) is 4.96. The van der Waals surface area contributed by atoms with E-state index in [4.69, 9.17) is 4.52 Å². The summed E-state index contributed by atoms with van der Waals surface area (Å²) in [7, 11) is 0. The van der Waals surface area contributed by atoms with Gasteiger partial charge >= 0.3 is 0 Å². The van der Waals surface area contributed by atoms with E-state index in [9.17, 15) is 4.79 Å². The first-order valence-electron chi connectivity index (χ1n) is 8.01. The lowest BCUT2D eigenvalue weighted by atomic mass is 9.94. The molecule has 4 heterocycles. The Balaban J connectivity index is 1.48. The van der Waals surface area contributed by atoms with Crippen LogP contribution in [0.4, 0.5) is 0 Å². The van der Waals surface area contributed by atoms with E-state index in [1.165, 1.54) is 12.8 Å². The summed E-state index contributed by atoms with van der Waals surface area (Å²) < 4.78 is 5.04. The number of hydrogen-bond acceptors (Lipinski definition) is 5. The fraction of sp³-hybridized carbons (Fsp3) is 0.800. The Morgan fingerprint density at radius 2 is 2.10 bits per heavy atom. The minimum Gasteiger partial charge on any atom is -0.340 e. The molecule has 0 unspecified atom stereocenters. The highest BCUT2D eigenvalue weighted by molar-refractivity contribution is 5.80. The van der Waals surface area contributed by atoms with Gasteiger partial charge in [-0.15, -0.1) is 0 Å². The van der Waals surface area contributed by atoms with E-state index < -0.39 is 0 Å². The van der Waals surface area contributed by atoms with Crippen molar-refractivity contribution in [3.05, 3.63) is 11.7 Å². The molecule has 0 N–H and O–H groups in total. The van der Waals surface area contributed by atoms with Gasteiger partial charge in [0.15, 0.2) is 5.82 Å². The van der Waals surface area contributed by atoms with Crippen molar-refractivity contribution in [1.82, 2.24) is 19.9 Å². The number of carbonyl (C=O) groups excluding carboxylic acids is 1. The first-order valence-corrected chi connectivity index (χ1v) is 8.01. The first kappa shape index (κ1) is 13.2. The smallest absolute Gasteiger partial charge is 0.227 e. The molecule has 114 valence electrons. The number of hydrogen-bond donors (Lipinski definition) is 0. The van der Waals surface area contributed by atoms with Crippen LogP contribution in [0.3, 0.4) is 0 Å². The van der Waals surface area contributed by atoms with E-state index in [0.29, 0.717) is 24.4 Å². The molecular formula is C15H22N4O2. The molecule has 3 saturated heterocycles. The molecule has 2 atom stereocenters. The van der Waals surface area contributed by atoms with Gasteiger partial charge < -0.3 is 9.42 Å². The second-order valence-corrected chi connectivity index (χ2v) is 6.79. The molecular weight excluding hydrogens is 268 g/mol. The first-order chi connectivity index (χ1) is 10.2. The van der Waals surface area contributed by atoms with Crippen LogP contribution in [-0.2, 0) is 11.3 Å². The van der Waals surface area contributed by atoms with Gasteiger partial charge in [-0.2, -0.15) is 4.98 Å². The molecule has 2 bridgehead atoms. The van der Waals surface area contributed by atoms with E-state index in [1.807, 2.05) is 6.92 Å². The van der Waals surface area contributed by atoms with Crippen molar-refractivity contribution < 1.29 is 9.32 Å². The SMILES string of the molecule is Cc1nc(CN2C[C@@H]3CC[C@H](C2)N(CC2CC2)C3=O)no1. The maximum atomic E-state index is 12.6. The normalized spacial score (nSPS) is 30.0. The van der Waals surface area contributed by atoms with E-state index in [-0.39, 0.29) is 5.92 Å². The molecule has 0 aromatic carbocycles. The molecule has 6 heteroatoms. The highest BCUT2D eigenvalue weighted by atomic mass is 16.5. The minimum atomic E-state index is 0.162. The Hall–Kier alpha value is -1.43. The number of carbonyl (C=O) groups is 1. The summed E-state index contributed by atoms with van der Waals surface area (Å²) in [6, 6.07) is 0.379. The summed E-state index contributed by atoms with van der Waals surface area (Å²) in [4.78, 5) is 21.4. The Bertz CT molecular complexity index is 540. The van der Waals surface area contributed by atoms with E-state index >= 15 is 0 Å². The number of amides is 1. The van der Waals surface area contributed by atoms with Crippen LogP contribution in [0.1, 0.15) is 37.4 Å². The largest absolute Gasteiger partial charge is 0.340 e. The Labute approximate surface area is 124 Å². The molecule has 3 aliphatic heterocycles. The molecule has 4 fully saturated rings. The topological polar surface area (TPSA) is 62.5 Å². The quantitative estimate of drug-likeness (QED) is 0.834. The molecule has 6 nitrogen and oxygen atoms in total. The van der Waals surface area contributed by atoms with Gasteiger partial charge in [-0.25, -0.2) is 0 Å². The van der Waals surface area contributed by atoms with Gasteiger partial charge in [0, 0.05) is 32.6 Å². The summed E-state index contributed by atoms with van der Waals surface area (Å²) in [6.07, 6.45) is 4.78. The minimum absolute atomic E-state index is 0.162. The van der Waals surface area contributed by atoms with Crippen LogP contribution in [0, 0.1) is 18.8 Å². The van der Waals surface area contributed by atoms with Crippen molar-refractivity contribution in [1.29, 1.82) is 0 Å². The predicted molar refractivity (Wildman–Crippen MR) is 75.3 cm³/mol. The molecule has 1 amide bonds. The molecule has 1 saturated carbocycles. The zero-order valence-corrected chi connectivity index (χ0v) is 12.5. The molecule has 0 spiro atoms. The summed E-state index contributed by atoms with van der Waals surface area (Å²) in [5, 5.41) is 3.98. The number of rotatable bonds is 4. The van der Waals surface area contributed by atoms with Gasteiger partial charge in [-0.3, -0.25) is 9.69 Å². The van der Waals surface area contributed by atoms with Crippen molar-refractivity contribution in [3.63, 3.8) is 0 Å². The van der Waals surface area contributed by atoms with Gasteiger partial charge in [-0.05, 0) is 31.6 Å². The van der Waals surface area contributed by atoms with Crippen molar-refractivity contribution in [3.8, 4) is 0 Å². The molecule has 1 aromatic heterocycles. The van der Waals surface area contributed by atoms with Crippen LogP contribution in [0.5, 0.6) is 0 Å². The van der Waals surface area contributed by atoms with Crippen molar-refractivity contribution >= 4 is 5.91 Å². The third kappa shape index (κ3) is 2.69. The Morgan fingerprint density at radius 1 is 1.24 bits per heavy atom. The monoisotopic (exact) mass is 290 g/mol. The standard InChI is InChI=1S/C15H22N4O2/c1-10-16-14(17-21-10)9-18-7-12-4-5-13(8-18)19(15(12)20)6-11-2-3-11/h11-13H,2-9H2,1H3/t12-,13+/m0/s1. The lowest BCUT2D eigenvalue weighted by Crippen LogP contribution is -2.48. The van der Waals surface area contributed by atoms with Crippen molar-refractivity contribution in [2.75, 3.05) is 19.6 Å². The molecule has 4 aliphatic rings. The number of piperidine rings is 1. The summed E-state index contributed by atoms with van der Waals surface area (Å²) >= 11 is 0. The molecule has 0 radical (unpaired) electrons. The predicted octanol–water partition coefficient (Wildman–Crippen LogP) is 1.21. The number of nitrogens with zero attached hydrogens (tertiary/aromatic N) is 4. The fourth-order valence-electron chi connectivity index (χ4n) is 3.68. The van der Waals surface area contributed by atoms with Crippen LogP contribution < -0.4 is 0 Å². The second-order valence-electron chi connectivity index (χ2n) is 6.79. The maximum Gasteiger partial charge on any atom is 0.227 e. The van der Waals surface area contributed by atoms with Crippen LogP contribution in [0.25, 0.3) is 0 Å². The van der Waals surface area contributed by atoms with Gasteiger partial charge in [0.1, 0.15) is 0 Å². The van der Waals surface area contributed by atoms with Crippen LogP contribution in [-0.4, -0.2) is 51.5 Å². The summed E-state index contributed by atoms with van der Waals surface area (Å²) in [5.41, 5.74) is 0. The number of aromatic nitrogens is 2. The summed E-state index contributed by atoms with van der Waals surface area (Å²) in [6.45, 7) is 5.26. The third-order valence-electron chi connectivity index (χ3n) is 4.96. The number of fused-ring (bicyclic) bond motifs is 4. The Morgan fingerprint density at radius 3 is 2.81 bits per heavy atom. The molecule has 5 rings (SSSR count). The van der Waals surface area contributed by atoms with E-state index in [2.05, 4.69) is 19.9 Å². The lowest BCUT2D eigenvalue weighted by Gasteiger charge is -2.36.